The predicted octanol–water partition coefficient (Wildman–Crippen LogP) is 1.50. The Kier molecular flexibility index (Phi) is 4.22. The molecule has 0 unspecified atom stereocenters. The average molecular weight is 350 g/mol. The molecule has 3 aromatic rings. The van der Waals surface area contributed by atoms with E-state index < -0.39 is 11.2 Å². The van der Waals surface area contributed by atoms with E-state index in [-0.39, 0.29) is 11.4 Å². The van der Waals surface area contributed by atoms with Gasteiger partial charge in [0, 0.05) is 14.1 Å². The molecule has 1 aromatic carbocycles. The van der Waals surface area contributed by atoms with Crippen LogP contribution in [0, 0.1) is 25.2 Å². The van der Waals surface area contributed by atoms with E-state index in [0.29, 0.717) is 11.4 Å². The highest BCUT2D eigenvalue weighted by Crippen LogP contribution is 2.26. The Balaban J connectivity index is 2.18. The number of nitriles is 1. The summed E-state index contributed by atoms with van der Waals surface area (Å²) in [4.78, 5) is 24.5. The monoisotopic (exact) mass is 350 g/mol. The molecule has 8 nitrogen and oxygen atoms in total. The number of nitrogens with zero attached hydrogens (tertiary/aromatic N) is 5. The largest absolute Gasteiger partial charge is 0.337 e. The molecule has 0 saturated heterocycles. The zero-order chi connectivity index (χ0) is 19.0. The lowest BCUT2D eigenvalue weighted by Crippen LogP contribution is -2.39. The molecule has 0 saturated carbocycles. The molecule has 0 fully saturated rings. The summed E-state index contributed by atoms with van der Waals surface area (Å²) in [5, 5.41) is 17.0. The van der Waals surface area contributed by atoms with Crippen molar-refractivity contribution >= 4 is 11.5 Å². The van der Waals surface area contributed by atoms with Gasteiger partial charge in [0.2, 0.25) is 0 Å². The number of hydrogen-bond acceptors (Lipinski definition) is 5. The number of nitrogens with one attached hydrogen (secondary N) is 1. The van der Waals surface area contributed by atoms with E-state index in [0.717, 1.165) is 15.9 Å². The second-order valence-corrected chi connectivity index (χ2v) is 5.96. The first-order valence-corrected chi connectivity index (χ1v) is 7.95. The fourth-order valence-corrected chi connectivity index (χ4v) is 2.85. The summed E-state index contributed by atoms with van der Waals surface area (Å²) >= 11 is 0. The Morgan fingerprint density at radius 1 is 1.08 bits per heavy atom. The maximum absolute atomic E-state index is 12.2. The van der Waals surface area contributed by atoms with Crippen LogP contribution in [0.4, 0.5) is 11.5 Å². The quantitative estimate of drug-likeness (QED) is 0.772. The molecule has 3 rings (SSSR count). The number of aromatic nitrogens is 4. The second kappa shape index (κ2) is 6.37. The lowest BCUT2D eigenvalue weighted by atomic mass is 10.2. The van der Waals surface area contributed by atoms with Crippen molar-refractivity contribution in [3.63, 3.8) is 0 Å². The first-order chi connectivity index (χ1) is 12.4. The molecule has 132 valence electrons. The molecule has 0 atom stereocenters. The van der Waals surface area contributed by atoms with Crippen molar-refractivity contribution in [2.75, 3.05) is 5.32 Å². The Hall–Kier alpha value is -3.60. The van der Waals surface area contributed by atoms with E-state index in [1.165, 1.54) is 18.7 Å². The fraction of sp³-hybridized carbons (Fsp3) is 0.222. The molecule has 0 aliphatic rings. The third kappa shape index (κ3) is 2.59. The summed E-state index contributed by atoms with van der Waals surface area (Å²) in [5.74, 6) is 0.152. The predicted molar refractivity (Wildman–Crippen MR) is 98.0 cm³/mol. The van der Waals surface area contributed by atoms with Gasteiger partial charge in [0.25, 0.3) is 5.56 Å². The minimum absolute atomic E-state index is 0.124. The van der Waals surface area contributed by atoms with Crippen LogP contribution >= 0.6 is 0 Å². The molecule has 0 spiro atoms. The van der Waals surface area contributed by atoms with E-state index in [4.69, 9.17) is 0 Å². The van der Waals surface area contributed by atoms with Crippen molar-refractivity contribution in [3.05, 3.63) is 68.1 Å². The van der Waals surface area contributed by atoms with Crippen LogP contribution in [0.1, 0.15) is 17.0 Å². The summed E-state index contributed by atoms with van der Waals surface area (Å²) < 4.78 is 3.93. The summed E-state index contributed by atoms with van der Waals surface area (Å²) in [6.45, 7) is 3.69. The molecule has 0 aliphatic heterocycles. The number of hydrogen-bond donors (Lipinski definition) is 1. The third-order valence-corrected chi connectivity index (χ3v) is 4.31. The number of aryl methyl sites for hydroxylation is 1. The number of para-hydroxylation sites is 1. The third-order valence-electron chi connectivity index (χ3n) is 4.31. The van der Waals surface area contributed by atoms with Gasteiger partial charge in [0.05, 0.1) is 22.8 Å². The van der Waals surface area contributed by atoms with Crippen LogP contribution in [0.5, 0.6) is 0 Å². The summed E-state index contributed by atoms with van der Waals surface area (Å²) in [6.07, 6.45) is 0. The zero-order valence-corrected chi connectivity index (χ0v) is 14.9. The van der Waals surface area contributed by atoms with Crippen molar-refractivity contribution in [2.24, 2.45) is 14.1 Å². The highest BCUT2D eigenvalue weighted by atomic mass is 16.2. The minimum atomic E-state index is -0.635. The first kappa shape index (κ1) is 17.2. The lowest BCUT2D eigenvalue weighted by molar-refractivity contribution is 0.689. The number of anilines is 2. The van der Waals surface area contributed by atoms with Gasteiger partial charge in [-0.05, 0) is 26.0 Å². The van der Waals surface area contributed by atoms with Crippen molar-refractivity contribution in [1.29, 1.82) is 5.26 Å². The van der Waals surface area contributed by atoms with Crippen LogP contribution in [-0.4, -0.2) is 18.9 Å². The molecule has 8 heteroatoms. The topological polar surface area (TPSA) is 97.6 Å². The standard InChI is InChI=1S/C18H18N6O2/c1-11-15(12(2)24(21-11)13-8-6-5-7-9-13)20-16-14(10-19)17(25)23(4)18(26)22(16)3/h5-9,20H,1-4H3. The van der Waals surface area contributed by atoms with Gasteiger partial charge in [-0.1, -0.05) is 18.2 Å². The van der Waals surface area contributed by atoms with Crippen LogP contribution in [0.2, 0.25) is 0 Å². The maximum Gasteiger partial charge on any atom is 0.332 e. The first-order valence-electron chi connectivity index (χ1n) is 7.95. The molecular formula is C18H18N6O2. The molecule has 0 radical (unpaired) electrons. The van der Waals surface area contributed by atoms with Crippen molar-refractivity contribution in [1.82, 2.24) is 18.9 Å². The Labute approximate surface area is 149 Å². The van der Waals surface area contributed by atoms with Crippen LogP contribution in [0.3, 0.4) is 0 Å². The molecule has 0 amide bonds. The van der Waals surface area contributed by atoms with Crippen LogP contribution < -0.4 is 16.6 Å². The van der Waals surface area contributed by atoms with E-state index >= 15 is 0 Å². The Morgan fingerprint density at radius 2 is 1.73 bits per heavy atom. The molecular weight excluding hydrogens is 332 g/mol. The Morgan fingerprint density at radius 3 is 2.35 bits per heavy atom. The van der Waals surface area contributed by atoms with Crippen molar-refractivity contribution in [2.45, 2.75) is 13.8 Å². The highest BCUT2D eigenvalue weighted by Gasteiger charge is 2.19. The minimum Gasteiger partial charge on any atom is -0.337 e. The van der Waals surface area contributed by atoms with Crippen LogP contribution in [0.25, 0.3) is 5.69 Å². The van der Waals surface area contributed by atoms with E-state index in [9.17, 15) is 14.9 Å². The molecule has 2 aromatic heterocycles. The van der Waals surface area contributed by atoms with Gasteiger partial charge in [-0.2, -0.15) is 10.4 Å². The summed E-state index contributed by atoms with van der Waals surface area (Å²) in [7, 11) is 2.86. The summed E-state index contributed by atoms with van der Waals surface area (Å²) in [5.41, 5.74) is 1.74. The van der Waals surface area contributed by atoms with E-state index in [1.54, 1.807) is 4.68 Å². The summed E-state index contributed by atoms with van der Waals surface area (Å²) in [6, 6.07) is 11.5. The van der Waals surface area contributed by atoms with Crippen molar-refractivity contribution in [3.8, 4) is 11.8 Å². The fourth-order valence-electron chi connectivity index (χ4n) is 2.85. The SMILES string of the molecule is Cc1nn(-c2ccccc2)c(C)c1Nc1c(C#N)c(=O)n(C)c(=O)n1C. The molecule has 1 N–H and O–H groups in total. The van der Waals surface area contributed by atoms with Gasteiger partial charge in [0.15, 0.2) is 5.56 Å². The molecule has 2 heterocycles. The molecule has 0 aliphatic carbocycles. The second-order valence-electron chi connectivity index (χ2n) is 5.96. The van der Waals surface area contributed by atoms with Gasteiger partial charge in [-0.3, -0.25) is 13.9 Å². The highest BCUT2D eigenvalue weighted by molar-refractivity contribution is 5.67. The number of benzene rings is 1. The van der Waals surface area contributed by atoms with Gasteiger partial charge in [-0.15, -0.1) is 0 Å². The van der Waals surface area contributed by atoms with E-state index in [2.05, 4.69) is 10.4 Å². The van der Waals surface area contributed by atoms with Gasteiger partial charge < -0.3 is 5.32 Å². The smallest absolute Gasteiger partial charge is 0.332 e. The van der Waals surface area contributed by atoms with Gasteiger partial charge >= 0.3 is 5.69 Å². The van der Waals surface area contributed by atoms with Crippen molar-refractivity contribution < 1.29 is 0 Å². The van der Waals surface area contributed by atoms with Crippen LogP contribution in [0.15, 0.2) is 39.9 Å². The van der Waals surface area contributed by atoms with Crippen LogP contribution in [-0.2, 0) is 14.1 Å². The van der Waals surface area contributed by atoms with E-state index in [1.807, 2.05) is 50.2 Å². The van der Waals surface area contributed by atoms with Gasteiger partial charge in [0.1, 0.15) is 11.9 Å². The normalized spacial score (nSPS) is 10.6. The number of rotatable bonds is 3. The lowest BCUT2D eigenvalue weighted by Gasteiger charge is -2.14. The maximum atomic E-state index is 12.2. The molecule has 0 bridgehead atoms. The average Bonchev–Trinajstić information content (AvgIpc) is 2.93. The molecule has 26 heavy (non-hydrogen) atoms. The van der Waals surface area contributed by atoms with Gasteiger partial charge in [-0.25, -0.2) is 9.48 Å². The zero-order valence-electron chi connectivity index (χ0n) is 14.9. The Bertz CT molecular complexity index is 1150.